The van der Waals surface area contributed by atoms with Gasteiger partial charge in [-0.2, -0.15) is 18.3 Å². The number of hydrogen-bond donors (Lipinski definition) is 1. The minimum absolute atomic E-state index is 0.132. The molecule has 0 radical (unpaired) electrons. The molecule has 0 aliphatic rings. The van der Waals surface area contributed by atoms with Gasteiger partial charge in [0.25, 0.3) is 5.91 Å². The molecule has 1 aromatic heterocycles. The summed E-state index contributed by atoms with van der Waals surface area (Å²) in [6.45, 7) is 1.99. The molecule has 8 heteroatoms. The SMILES string of the molecule is CCn1nc(-c2ccc(Br)cc2)cc1C(=O)NC(F)(F)F. The van der Waals surface area contributed by atoms with Crippen molar-refractivity contribution in [3.8, 4) is 11.3 Å². The van der Waals surface area contributed by atoms with Crippen LogP contribution >= 0.6 is 15.9 Å². The van der Waals surface area contributed by atoms with Crippen molar-refractivity contribution in [1.29, 1.82) is 0 Å². The van der Waals surface area contributed by atoms with E-state index < -0.39 is 12.2 Å². The zero-order chi connectivity index (χ0) is 15.6. The lowest BCUT2D eigenvalue weighted by atomic mass is 10.1. The van der Waals surface area contributed by atoms with Crippen molar-refractivity contribution < 1.29 is 18.0 Å². The van der Waals surface area contributed by atoms with Crippen LogP contribution in [0.4, 0.5) is 13.2 Å². The fraction of sp³-hybridized carbons (Fsp3) is 0.231. The lowest BCUT2D eigenvalue weighted by Crippen LogP contribution is -2.38. The van der Waals surface area contributed by atoms with E-state index in [1.54, 1.807) is 31.2 Å². The van der Waals surface area contributed by atoms with Gasteiger partial charge in [0.1, 0.15) is 5.69 Å². The highest BCUT2D eigenvalue weighted by atomic mass is 79.9. The lowest BCUT2D eigenvalue weighted by Gasteiger charge is -2.08. The van der Waals surface area contributed by atoms with E-state index in [2.05, 4.69) is 21.0 Å². The van der Waals surface area contributed by atoms with E-state index in [9.17, 15) is 18.0 Å². The summed E-state index contributed by atoms with van der Waals surface area (Å²) in [5.41, 5.74) is 1.02. The molecule has 0 unspecified atom stereocenters. The Morgan fingerprint density at radius 2 is 1.95 bits per heavy atom. The van der Waals surface area contributed by atoms with Crippen LogP contribution in [-0.4, -0.2) is 22.0 Å². The number of rotatable bonds is 3. The highest BCUT2D eigenvalue weighted by Gasteiger charge is 2.32. The van der Waals surface area contributed by atoms with Crippen molar-refractivity contribution >= 4 is 21.8 Å². The Bertz CT molecular complexity index is 650. The first-order valence-corrected chi connectivity index (χ1v) is 6.82. The van der Waals surface area contributed by atoms with Crippen LogP contribution in [0.5, 0.6) is 0 Å². The minimum atomic E-state index is -4.77. The molecule has 0 aliphatic heterocycles. The molecule has 0 atom stereocenters. The van der Waals surface area contributed by atoms with E-state index in [1.807, 2.05) is 0 Å². The predicted molar refractivity (Wildman–Crippen MR) is 74.6 cm³/mol. The van der Waals surface area contributed by atoms with Crippen LogP contribution in [0.15, 0.2) is 34.8 Å². The normalized spacial score (nSPS) is 11.5. The number of aryl methyl sites for hydroxylation is 1. The Labute approximate surface area is 127 Å². The first-order valence-electron chi connectivity index (χ1n) is 6.03. The molecule has 0 fully saturated rings. The summed E-state index contributed by atoms with van der Waals surface area (Å²) in [6.07, 6.45) is -4.77. The van der Waals surface area contributed by atoms with Gasteiger partial charge in [-0.25, -0.2) is 0 Å². The van der Waals surface area contributed by atoms with Gasteiger partial charge in [-0.1, -0.05) is 28.1 Å². The maximum Gasteiger partial charge on any atom is 0.484 e. The predicted octanol–water partition coefficient (Wildman–Crippen LogP) is 3.58. The molecule has 0 aliphatic carbocycles. The largest absolute Gasteiger partial charge is 0.484 e. The third kappa shape index (κ3) is 3.84. The Balaban J connectivity index is 2.35. The second-order valence-electron chi connectivity index (χ2n) is 4.19. The third-order valence-corrected chi connectivity index (χ3v) is 3.24. The number of benzene rings is 1. The van der Waals surface area contributed by atoms with Crippen molar-refractivity contribution in [2.75, 3.05) is 0 Å². The van der Waals surface area contributed by atoms with Gasteiger partial charge >= 0.3 is 6.30 Å². The Kier molecular flexibility index (Phi) is 4.36. The first kappa shape index (κ1) is 15.6. The van der Waals surface area contributed by atoms with Gasteiger partial charge in [0, 0.05) is 16.6 Å². The minimum Gasteiger partial charge on any atom is -0.267 e. The summed E-state index contributed by atoms with van der Waals surface area (Å²) in [6, 6.07) is 8.44. The van der Waals surface area contributed by atoms with Crippen LogP contribution < -0.4 is 5.32 Å². The fourth-order valence-corrected chi connectivity index (χ4v) is 2.06. The van der Waals surface area contributed by atoms with Gasteiger partial charge in [0.15, 0.2) is 0 Å². The van der Waals surface area contributed by atoms with Crippen molar-refractivity contribution in [3.05, 3.63) is 40.5 Å². The van der Waals surface area contributed by atoms with Gasteiger partial charge < -0.3 is 0 Å². The van der Waals surface area contributed by atoms with Crippen LogP contribution in [0.25, 0.3) is 11.3 Å². The molecule has 1 aromatic carbocycles. The van der Waals surface area contributed by atoms with Crippen molar-refractivity contribution in [3.63, 3.8) is 0 Å². The van der Waals surface area contributed by atoms with Gasteiger partial charge in [-0.05, 0) is 25.1 Å². The standard InChI is InChI=1S/C13H11BrF3N3O/c1-2-20-11(12(21)18-13(15,16)17)7-10(19-20)8-3-5-9(14)6-4-8/h3-7H,2H2,1H3,(H,18,21). The number of carbonyl (C=O) groups excluding carboxylic acids is 1. The van der Waals surface area contributed by atoms with Crippen molar-refractivity contribution in [1.82, 2.24) is 15.1 Å². The average Bonchev–Trinajstić information content (AvgIpc) is 2.82. The maximum atomic E-state index is 12.2. The maximum absolute atomic E-state index is 12.2. The van der Waals surface area contributed by atoms with Crippen molar-refractivity contribution in [2.24, 2.45) is 0 Å². The number of halogens is 4. The smallest absolute Gasteiger partial charge is 0.267 e. The molecule has 2 rings (SSSR count). The Hall–Kier alpha value is -1.83. The van der Waals surface area contributed by atoms with E-state index in [-0.39, 0.29) is 12.2 Å². The highest BCUT2D eigenvalue weighted by Crippen LogP contribution is 2.22. The average molecular weight is 362 g/mol. The summed E-state index contributed by atoms with van der Waals surface area (Å²) in [4.78, 5) is 11.6. The van der Waals surface area contributed by atoms with E-state index in [0.717, 1.165) is 9.79 Å². The van der Waals surface area contributed by atoms with Crippen LogP contribution in [0.2, 0.25) is 0 Å². The van der Waals surface area contributed by atoms with E-state index in [0.29, 0.717) is 11.3 Å². The lowest BCUT2D eigenvalue weighted by molar-refractivity contribution is -0.146. The molecule has 2 aromatic rings. The summed E-state index contributed by atoms with van der Waals surface area (Å²) < 4.78 is 38.8. The number of hydrogen-bond acceptors (Lipinski definition) is 2. The molecule has 1 amide bonds. The number of amides is 1. The van der Waals surface area contributed by atoms with Gasteiger partial charge in [0.05, 0.1) is 5.69 Å². The number of alkyl halides is 3. The Morgan fingerprint density at radius 3 is 2.48 bits per heavy atom. The van der Waals surface area contributed by atoms with Crippen molar-refractivity contribution in [2.45, 2.75) is 19.8 Å². The molecule has 0 saturated heterocycles. The number of carbonyl (C=O) groups is 1. The van der Waals surface area contributed by atoms with E-state index >= 15 is 0 Å². The molecule has 0 bridgehead atoms. The molecule has 1 N–H and O–H groups in total. The van der Waals surface area contributed by atoms with Crippen LogP contribution in [-0.2, 0) is 6.54 Å². The molecule has 0 saturated carbocycles. The topological polar surface area (TPSA) is 46.9 Å². The molecular formula is C13H11BrF3N3O. The number of nitrogens with zero attached hydrogens (tertiary/aromatic N) is 2. The number of aromatic nitrogens is 2. The third-order valence-electron chi connectivity index (χ3n) is 2.71. The summed E-state index contributed by atoms with van der Waals surface area (Å²) in [5, 5.41) is 5.13. The molecular weight excluding hydrogens is 351 g/mol. The summed E-state index contributed by atoms with van der Waals surface area (Å²) in [5.74, 6) is -1.22. The molecule has 4 nitrogen and oxygen atoms in total. The summed E-state index contributed by atoms with van der Waals surface area (Å²) >= 11 is 3.29. The zero-order valence-electron chi connectivity index (χ0n) is 10.9. The quantitative estimate of drug-likeness (QED) is 0.849. The Morgan fingerprint density at radius 1 is 1.33 bits per heavy atom. The van der Waals surface area contributed by atoms with E-state index in [4.69, 9.17) is 0 Å². The monoisotopic (exact) mass is 361 g/mol. The second-order valence-corrected chi connectivity index (χ2v) is 5.11. The fourth-order valence-electron chi connectivity index (χ4n) is 1.80. The molecule has 112 valence electrons. The first-order chi connectivity index (χ1) is 9.80. The molecule has 1 heterocycles. The van der Waals surface area contributed by atoms with Crippen LogP contribution in [0.3, 0.4) is 0 Å². The van der Waals surface area contributed by atoms with Gasteiger partial charge in [-0.15, -0.1) is 0 Å². The zero-order valence-corrected chi connectivity index (χ0v) is 12.5. The van der Waals surface area contributed by atoms with Gasteiger partial charge in [-0.3, -0.25) is 14.8 Å². The molecule has 21 heavy (non-hydrogen) atoms. The van der Waals surface area contributed by atoms with E-state index in [1.165, 1.54) is 10.7 Å². The van der Waals surface area contributed by atoms with Gasteiger partial charge in [0.2, 0.25) is 0 Å². The van der Waals surface area contributed by atoms with Crippen LogP contribution in [0, 0.1) is 0 Å². The number of nitrogens with one attached hydrogen (secondary N) is 1. The summed E-state index contributed by atoms with van der Waals surface area (Å²) in [7, 11) is 0. The molecule has 0 spiro atoms. The van der Waals surface area contributed by atoms with Crippen LogP contribution in [0.1, 0.15) is 17.4 Å². The second kappa shape index (κ2) is 5.88. The highest BCUT2D eigenvalue weighted by molar-refractivity contribution is 9.10.